The van der Waals surface area contributed by atoms with Gasteiger partial charge in [0.25, 0.3) is 0 Å². The molecule has 0 atom stereocenters. The normalized spacial score (nSPS) is 11.0. The van der Waals surface area contributed by atoms with Gasteiger partial charge in [-0.2, -0.15) is 0 Å². The Bertz CT molecular complexity index is 921. The fourth-order valence-electron chi connectivity index (χ4n) is 3.11. The van der Waals surface area contributed by atoms with E-state index >= 15 is 0 Å². The minimum absolute atomic E-state index is 0.0352. The number of phenols is 5. The Morgan fingerprint density at radius 3 is 1.58 bits per heavy atom. The molecule has 0 heterocycles. The van der Waals surface area contributed by atoms with E-state index in [0.29, 0.717) is 27.8 Å². The van der Waals surface area contributed by atoms with Crippen molar-refractivity contribution in [3.63, 3.8) is 0 Å². The Morgan fingerprint density at radius 2 is 1.12 bits per heavy atom. The first-order valence-electron chi connectivity index (χ1n) is 8.11. The Balaban J connectivity index is 2.31. The molecule has 0 fully saturated rings. The van der Waals surface area contributed by atoms with E-state index in [0.717, 1.165) is 0 Å². The molecule has 134 valence electrons. The summed E-state index contributed by atoms with van der Waals surface area (Å²) in [5.74, 6) is -0.893. The second-order valence-electron chi connectivity index (χ2n) is 6.42. The lowest BCUT2D eigenvalue weighted by molar-refractivity contribution is 0.437. The molecule has 3 aromatic carbocycles. The minimum atomic E-state index is -0.610. The van der Waals surface area contributed by atoms with Gasteiger partial charge in [0, 0.05) is 29.2 Å². The van der Waals surface area contributed by atoms with E-state index in [2.05, 4.69) is 0 Å². The van der Waals surface area contributed by atoms with E-state index in [-0.39, 0.29) is 28.7 Å². The monoisotopic (exact) mass is 352 g/mol. The molecule has 0 saturated carbocycles. The summed E-state index contributed by atoms with van der Waals surface area (Å²) >= 11 is 0. The lowest BCUT2D eigenvalue weighted by Gasteiger charge is -2.22. The molecule has 0 aliphatic heterocycles. The van der Waals surface area contributed by atoms with E-state index in [1.54, 1.807) is 44.2 Å². The van der Waals surface area contributed by atoms with Crippen molar-refractivity contribution in [3.05, 3.63) is 76.3 Å². The summed E-state index contributed by atoms with van der Waals surface area (Å²) in [6, 6.07) is 12.3. The van der Waals surface area contributed by atoms with Crippen LogP contribution in [-0.2, 0) is 0 Å². The molecule has 0 saturated heterocycles. The molecule has 26 heavy (non-hydrogen) atoms. The van der Waals surface area contributed by atoms with Gasteiger partial charge in [-0.15, -0.1) is 0 Å². The molecule has 5 heteroatoms. The van der Waals surface area contributed by atoms with Gasteiger partial charge >= 0.3 is 0 Å². The van der Waals surface area contributed by atoms with Crippen molar-refractivity contribution >= 4 is 0 Å². The zero-order chi connectivity index (χ0) is 19.0. The fourth-order valence-corrected chi connectivity index (χ4v) is 3.11. The Morgan fingerprint density at radius 1 is 0.615 bits per heavy atom. The lowest BCUT2D eigenvalue weighted by atomic mass is 9.82. The standard InChI is InChI=1S/C21H20O5/c1-11-6-15(19(25)9-17(11)23)21(13-4-3-5-14(22)8-13)16-7-12(2)18(24)10-20(16)26/h3-10,21-26H,1-2H3. The summed E-state index contributed by atoms with van der Waals surface area (Å²) in [4.78, 5) is 0. The average molecular weight is 352 g/mol. The average Bonchev–Trinajstić information content (AvgIpc) is 2.57. The quantitative estimate of drug-likeness (QED) is 0.459. The maximum absolute atomic E-state index is 10.4. The number of aromatic hydroxyl groups is 5. The van der Waals surface area contributed by atoms with Crippen LogP contribution in [0.2, 0.25) is 0 Å². The number of rotatable bonds is 3. The van der Waals surface area contributed by atoms with Crippen molar-refractivity contribution in [3.8, 4) is 28.7 Å². The second-order valence-corrected chi connectivity index (χ2v) is 6.42. The van der Waals surface area contributed by atoms with Gasteiger partial charge in [0.15, 0.2) is 0 Å². The van der Waals surface area contributed by atoms with Crippen LogP contribution in [0.1, 0.15) is 33.7 Å². The van der Waals surface area contributed by atoms with Gasteiger partial charge in [-0.25, -0.2) is 0 Å². The molecule has 3 aromatic rings. The third-order valence-corrected chi connectivity index (χ3v) is 4.52. The highest BCUT2D eigenvalue weighted by Gasteiger charge is 2.25. The summed E-state index contributed by atoms with van der Waals surface area (Å²) in [6.45, 7) is 3.42. The first-order valence-corrected chi connectivity index (χ1v) is 8.11. The van der Waals surface area contributed by atoms with Gasteiger partial charge in [-0.1, -0.05) is 12.1 Å². The third-order valence-electron chi connectivity index (χ3n) is 4.52. The number of aryl methyl sites for hydroxylation is 2. The van der Waals surface area contributed by atoms with Crippen LogP contribution in [0.5, 0.6) is 28.7 Å². The summed E-state index contributed by atoms with van der Waals surface area (Å²) in [5.41, 5.74) is 2.71. The Hall–Kier alpha value is -3.34. The summed E-state index contributed by atoms with van der Waals surface area (Å²) < 4.78 is 0. The van der Waals surface area contributed by atoms with Crippen molar-refractivity contribution in [2.75, 3.05) is 0 Å². The molecule has 0 aliphatic carbocycles. The SMILES string of the molecule is Cc1cc(C(c2cccc(O)c2)c2cc(C)c(O)cc2O)c(O)cc1O. The number of phenolic OH excluding ortho intramolecular Hbond substituents is 5. The predicted octanol–water partition coefficient (Wildman–Crippen LogP) is 4.01. The molecule has 0 aliphatic rings. The summed E-state index contributed by atoms with van der Waals surface area (Å²) in [5, 5.41) is 50.5. The zero-order valence-corrected chi connectivity index (χ0v) is 14.4. The minimum Gasteiger partial charge on any atom is -0.508 e. The Kier molecular flexibility index (Phi) is 4.38. The van der Waals surface area contributed by atoms with Crippen molar-refractivity contribution in [2.24, 2.45) is 0 Å². The van der Waals surface area contributed by atoms with Crippen LogP contribution in [0.4, 0.5) is 0 Å². The van der Waals surface area contributed by atoms with Crippen LogP contribution in [0.25, 0.3) is 0 Å². The van der Waals surface area contributed by atoms with E-state index in [1.165, 1.54) is 18.2 Å². The predicted molar refractivity (Wildman–Crippen MR) is 98.1 cm³/mol. The fraction of sp³-hybridized carbons (Fsp3) is 0.143. The highest BCUT2D eigenvalue weighted by atomic mass is 16.3. The highest BCUT2D eigenvalue weighted by Crippen LogP contribution is 2.44. The first-order chi connectivity index (χ1) is 12.3. The summed E-state index contributed by atoms with van der Waals surface area (Å²) in [7, 11) is 0. The van der Waals surface area contributed by atoms with Gasteiger partial charge in [0.1, 0.15) is 28.7 Å². The molecule has 0 aromatic heterocycles. The summed E-state index contributed by atoms with van der Waals surface area (Å²) in [6.07, 6.45) is 0. The maximum atomic E-state index is 10.4. The van der Waals surface area contributed by atoms with Crippen molar-refractivity contribution < 1.29 is 25.5 Å². The Labute approximate surface area is 151 Å². The van der Waals surface area contributed by atoms with Crippen molar-refractivity contribution in [2.45, 2.75) is 19.8 Å². The van der Waals surface area contributed by atoms with E-state index in [9.17, 15) is 25.5 Å². The molecule has 0 amide bonds. The maximum Gasteiger partial charge on any atom is 0.123 e. The van der Waals surface area contributed by atoms with Crippen molar-refractivity contribution in [1.29, 1.82) is 0 Å². The highest BCUT2D eigenvalue weighted by molar-refractivity contribution is 5.58. The van der Waals surface area contributed by atoms with E-state index < -0.39 is 5.92 Å². The molecule has 5 nitrogen and oxygen atoms in total. The van der Waals surface area contributed by atoms with E-state index in [4.69, 9.17) is 0 Å². The first kappa shape index (κ1) is 17.5. The number of benzene rings is 3. The molecule has 0 bridgehead atoms. The van der Waals surface area contributed by atoms with Crippen LogP contribution in [0, 0.1) is 13.8 Å². The van der Waals surface area contributed by atoms with Crippen LogP contribution in [0.3, 0.4) is 0 Å². The lowest BCUT2D eigenvalue weighted by Crippen LogP contribution is -2.05. The largest absolute Gasteiger partial charge is 0.508 e. The second kappa shape index (κ2) is 6.52. The molecule has 0 unspecified atom stereocenters. The van der Waals surface area contributed by atoms with Crippen LogP contribution in [-0.4, -0.2) is 25.5 Å². The van der Waals surface area contributed by atoms with Gasteiger partial charge < -0.3 is 25.5 Å². The zero-order valence-electron chi connectivity index (χ0n) is 14.4. The van der Waals surface area contributed by atoms with Crippen LogP contribution < -0.4 is 0 Å². The topological polar surface area (TPSA) is 101 Å². The molecule has 0 radical (unpaired) electrons. The number of hydrogen-bond acceptors (Lipinski definition) is 5. The van der Waals surface area contributed by atoms with Gasteiger partial charge in [-0.05, 0) is 54.8 Å². The molecule has 3 rings (SSSR count). The number of hydrogen-bond donors (Lipinski definition) is 5. The molecular formula is C21H20O5. The van der Waals surface area contributed by atoms with Crippen LogP contribution >= 0.6 is 0 Å². The molecular weight excluding hydrogens is 332 g/mol. The molecule has 0 spiro atoms. The third kappa shape index (κ3) is 3.11. The van der Waals surface area contributed by atoms with E-state index in [1.807, 2.05) is 0 Å². The van der Waals surface area contributed by atoms with Crippen molar-refractivity contribution in [1.82, 2.24) is 0 Å². The smallest absolute Gasteiger partial charge is 0.123 e. The van der Waals surface area contributed by atoms with Crippen LogP contribution in [0.15, 0.2) is 48.5 Å². The van der Waals surface area contributed by atoms with Gasteiger partial charge in [0.2, 0.25) is 0 Å². The van der Waals surface area contributed by atoms with Gasteiger partial charge in [-0.3, -0.25) is 0 Å². The molecule has 5 N–H and O–H groups in total. The van der Waals surface area contributed by atoms with Gasteiger partial charge in [0.05, 0.1) is 0 Å².